The van der Waals surface area contributed by atoms with E-state index in [9.17, 15) is 4.79 Å². The van der Waals surface area contributed by atoms with Crippen LogP contribution in [-0.4, -0.2) is 35.5 Å². The molecule has 7 heteroatoms. The average Bonchev–Trinajstić information content (AvgIpc) is 3.02. The van der Waals surface area contributed by atoms with Crippen LogP contribution in [0.4, 0.5) is 5.69 Å². The molecule has 0 fully saturated rings. The normalized spacial score (nSPS) is 10.9. The predicted octanol–water partition coefficient (Wildman–Crippen LogP) is 4.70. The van der Waals surface area contributed by atoms with Crippen LogP contribution in [-0.2, 0) is 22.6 Å². The van der Waals surface area contributed by atoms with Crippen LogP contribution in [0, 0.1) is 6.92 Å². The topological polar surface area (TPSA) is 65.4 Å². The molecule has 0 unspecified atom stereocenters. The molecule has 3 rings (SSSR count). The third-order valence-electron chi connectivity index (χ3n) is 4.50. The molecule has 6 nitrogen and oxygen atoms in total. The van der Waals surface area contributed by atoms with Crippen molar-refractivity contribution in [2.24, 2.45) is 0 Å². The number of hydrogen-bond acceptors (Lipinski definition) is 4. The Morgan fingerprint density at radius 3 is 2.57 bits per heavy atom. The van der Waals surface area contributed by atoms with Crippen molar-refractivity contribution >= 4 is 23.2 Å². The smallest absolute Gasteiger partial charge is 0.260 e. The van der Waals surface area contributed by atoms with Crippen LogP contribution in [0.3, 0.4) is 0 Å². The molecule has 0 bridgehead atoms. The number of nitrogens with zero attached hydrogens (tertiary/aromatic N) is 2. The molecular weight excluding hydrogens is 402 g/mol. The van der Waals surface area contributed by atoms with Gasteiger partial charge in [-0.25, -0.2) is 4.68 Å². The second kappa shape index (κ2) is 10.9. The van der Waals surface area contributed by atoms with Gasteiger partial charge in [0, 0.05) is 12.3 Å². The van der Waals surface area contributed by atoms with Crippen molar-refractivity contribution in [3.05, 3.63) is 82.1 Å². The van der Waals surface area contributed by atoms with Gasteiger partial charge in [0.05, 0.1) is 37.6 Å². The fraction of sp³-hybridized carbons (Fsp3) is 0.304. The van der Waals surface area contributed by atoms with Crippen LogP contribution in [0.5, 0.6) is 0 Å². The maximum Gasteiger partial charge on any atom is 0.260 e. The lowest BCUT2D eigenvalue weighted by atomic mass is 10.2. The molecule has 0 saturated carbocycles. The first-order valence-electron chi connectivity index (χ1n) is 9.91. The monoisotopic (exact) mass is 427 g/mol. The molecule has 158 valence electrons. The molecule has 1 amide bonds. The molecule has 0 saturated heterocycles. The molecule has 30 heavy (non-hydrogen) atoms. The van der Waals surface area contributed by atoms with Crippen LogP contribution in [0.2, 0.25) is 5.15 Å². The van der Waals surface area contributed by atoms with Crippen LogP contribution in [0.1, 0.15) is 34.1 Å². The molecule has 1 aromatic heterocycles. The lowest BCUT2D eigenvalue weighted by molar-refractivity contribution is 0.0453. The molecule has 0 spiro atoms. The SMILES string of the molecule is CCOCCOCc1cccc(NC(=O)c2c(C)nn(Cc3ccccc3)c2Cl)c1. The molecule has 0 aliphatic heterocycles. The molecule has 1 N–H and O–H groups in total. The zero-order chi connectivity index (χ0) is 21.3. The number of halogens is 1. The Hall–Kier alpha value is -2.67. The molecule has 1 heterocycles. The molecule has 0 atom stereocenters. The number of aryl methyl sites for hydroxylation is 1. The number of ether oxygens (including phenoxy) is 2. The van der Waals surface area contributed by atoms with Crippen molar-refractivity contribution in [3.63, 3.8) is 0 Å². The Bertz CT molecular complexity index is 973. The second-order valence-corrected chi connectivity index (χ2v) is 7.16. The number of nitrogens with one attached hydrogen (secondary N) is 1. The molecule has 0 aliphatic rings. The number of aromatic nitrogens is 2. The number of amides is 1. The van der Waals surface area contributed by atoms with Crippen LogP contribution in [0.15, 0.2) is 54.6 Å². The van der Waals surface area contributed by atoms with Crippen molar-refractivity contribution < 1.29 is 14.3 Å². The number of hydrogen-bond donors (Lipinski definition) is 1. The van der Waals surface area contributed by atoms with Gasteiger partial charge in [0.2, 0.25) is 0 Å². The predicted molar refractivity (Wildman–Crippen MR) is 118 cm³/mol. The maximum atomic E-state index is 12.9. The van der Waals surface area contributed by atoms with Gasteiger partial charge in [-0.05, 0) is 37.1 Å². The van der Waals surface area contributed by atoms with E-state index in [1.165, 1.54) is 0 Å². The molecule has 0 radical (unpaired) electrons. The van der Waals surface area contributed by atoms with Crippen molar-refractivity contribution in [2.75, 3.05) is 25.1 Å². The summed E-state index contributed by atoms with van der Waals surface area (Å²) >= 11 is 6.49. The van der Waals surface area contributed by atoms with Crippen LogP contribution >= 0.6 is 11.6 Å². The summed E-state index contributed by atoms with van der Waals surface area (Å²) in [5, 5.41) is 7.68. The Morgan fingerprint density at radius 1 is 1.07 bits per heavy atom. The van der Waals surface area contributed by atoms with E-state index in [1.54, 1.807) is 11.6 Å². The third-order valence-corrected chi connectivity index (χ3v) is 4.88. The summed E-state index contributed by atoms with van der Waals surface area (Å²) in [7, 11) is 0. The van der Waals surface area contributed by atoms with Crippen molar-refractivity contribution in [3.8, 4) is 0 Å². The number of benzene rings is 2. The van der Waals surface area contributed by atoms with Gasteiger partial charge in [-0.2, -0.15) is 5.10 Å². The molecule has 2 aromatic carbocycles. The van der Waals surface area contributed by atoms with Gasteiger partial charge in [0.25, 0.3) is 5.91 Å². The third kappa shape index (κ3) is 5.92. The summed E-state index contributed by atoms with van der Waals surface area (Å²) < 4.78 is 12.5. The van der Waals surface area contributed by atoms with Gasteiger partial charge >= 0.3 is 0 Å². The zero-order valence-corrected chi connectivity index (χ0v) is 18.0. The second-order valence-electron chi connectivity index (χ2n) is 6.80. The average molecular weight is 428 g/mol. The summed E-state index contributed by atoms with van der Waals surface area (Å²) in [4.78, 5) is 12.9. The molecular formula is C23H26ClN3O3. The highest BCUT2D eigenvalue weighted by atomic mass is 35.5. The van der Waals surface area contributed by atoms with E-state index in [1.807, 2.05) is 61.5 Å². The summed E-state index contributed by atoms with van der Waals surface area (Å²) in [6, 6.07) is 17.4. The summed E-state index contributed by atoms with van der Waals surface area (Å²) in [6.07, 6.45) is 0. The largest absolute Gasteiger partial charge is 0.379 e. The van der Waals surface area contributed by atoms with Gasteiger partial charge in [0.15, 0.2) is 0 Å². The van der Waals surface area contributed by atoms with Crippen molar-refractivity contribution in [1.82, 2.24) is 9.78 Å². The van der Waals surface area contributed by atoms with Crippen molar-refractivity contribution in [1.29, 1.82) is 0 Å². The minimum atomic E-state index is -0.286. The summed E-state index contributed by atoms with van der Waals surface area (Å²) in [5.74, 6) is -0.286. The quantitative estimate of drug-likeness (QED) is 0.476. The Kier molecular flexibility index (Phi) is 8.02. The first kappa shape index (κ1) is 22.0. The highest BCUT2D eigenvalue weighted by molar-refractivity contribution is 6.33. The number of carbonyl (C=O) groups is 1. The standard InChI is InChI=1S/C23H26ClN3O3/c1-3-29-12-13-30-16-19-10-7-11-20(14-19)25-23(28)21-17(2)26-27(22(21)24)15-18-8-5-4-6-9-18/h4-11,14H,3,12-13,15-16H2,1-2H3,(H,25,28). The van der Waals surface area contributed by atoms with Gasteiger partial charge < -0.3 is 14.8 Å². The fourth-order valence-electron chi connectivity index (χ4n) is 3.06. The van der Waals surface area contributed by atoms with E-state index >= 15 is 0 Å². The lowest BCUT2D eigenvalue weighted by Crippen LogP contribution is -2.13. The van der Waals surface area contributed by atoms with Gasteiger partial charge in [-0.1, -0.05) is 54.1 Å². The number of carbonyl (C=O) groups excluding carboxylic acids is 1. The van der Waals surface area contributed by atoms with Gasteiger partial charge in [0.1, 0.15) is 5.15 Å². The Labute approximate surface area is 181 Å². The van der Waals surface area contributed by atoms with Crippen LogP contribution < -0.4 is 5.32 Å². The Balaban J connectivity index is 1.65. The number of anilines is 1. The lowest BCUT2D eigenvalue weighted by Gasteiger charge is -2.09. The van der Waals surface area contributed by atoms with E-state index in [0.717, 1.165) is 11.1 Å². The minimum Gasteiger partial charge on any atom is -0.379 e. The minimum absolute atomic E-state index is 0.286. The zero-order valence-electron chi connectivity index (χ0n) is 17.2. The highest BCUT2D eigenvalue weighted by Crippen LogP contribution is 2.23. The van der Waals surface area contributed by atoms with Gasteiger partial charge in [-0.15, -0.1) is 0 Å². The van der Waals surface area contributed by atoms with Crippen LogP contribution in [0.25, 0.3) is 0 Å². The fourth-order valence-corrected chi connectivity index (χ4v) is 3.38. The van der Waals surface area contributed by atoms with E-state index in [4.69, 9.17) is 21.1 Å². The van der Waals surface area contributed by atoms with Crippen molar-refractivity contribution in [2.45, 2.75) is 27.0 Å². The molecule has 0 aliphatic carbocycles. The first-order chi connectivity index (χ1) is 14.6. The molecule has 3 aromatic rings. The number of rotatable bonds is 10. The summed E-state index contributed by atoms with van der Waals surface area (Å²) in [6.45, 7) is 6.46. The summed E-state index contributed by atoms with van der Waals surface area (Å²) in [5.41, 5.74) is 3.67. The van der Waals surface area contributed by atoms with E-state index in [2.05, 4.69) is 10.4 Å². The van der Waals surface area contributed by atoms with E-state index in [0.29, 0.717) is 55.1 Å². The van der Waals surface area contributed by atoms with E-state index in [-0.39, 0.29) is 5.91 Å². The van der Waals surface area contributed by atoms with Gasteiger partial charge in [-0.3, -0.25) is 4.79 Å². The Morgan fingerprint density at radius 2 is 1.80 bits per heavy atom. The first-order valence-corrected chi connectivity index (χ1v) is 10.3. The maximum absolute atomic E-state index is 12.9. The van der Waals surface area contributed by atoms with E-state index < -0.39 is 0 Å². The highest BCUT2D eigenvalue weighted by Gasteiger charge is 2.20.